The van der Waals surface area contributed by atoms with Crippen molar-refractivity contribution in [3.05, 3.63) is 33.9 Å². The maximum absolute atomic E-state index is 12.2. The standard InChI is InChI=1S/C12H15N3O2S/c1-7-5-18-11(14-7)8(2)15(4)12(16)10-9(3)17-6-13-10/h5-6,8H,1-4H3. The second-order valence-corrected chi connectivity index (χ2v) is 5.07. The molecule has 2 heterocycles. The van der Waals surface area contributed by atoms with Gasteiger partial charge in [-0.2, -0.15) is 0 Å². The SMILES string of the molecule is Cc1csc(C(C)N(C)C(=O)c2ncoc2C)n1. The lowest BCUT2D eigenvalue weighted by molar-refractivity contribution is 0.0735. The van der Waals surface area contributed by atoms with Crippen molar-refractivity contribution in [1.82, 2.24) is 14.9 Å². The van der Waals surface area contributed by atoms with Gasteiger partial charge in [-0.25, -0.2) is 9.97 Å². The van der Waals surface area contributed by atoms with Gasteiger partial charge in [-0.1, -0.05) is 0 Å². The largest absolute Gasteiger partial charge is 0.448 e. The molecule has 1 atom stereocenters. The minimum absolute atomic E-state index is 0.0766. The highest BCUT2D eigenvalue weighted by atomic mass is 32.1. The molecule has 0 saturated carbocycles. The summed E-state index contributed by atoms with van der Waals surface area (Å²) < 4.78 is 5.05. The molecule has 0 bridgehead atoms. The highest BCUT2D eigenvalue weighted by molar-refractivity contribution is 7.09. The lowest BCUT2D eigenvalue weighted by Gasteiger charge is -2.22. The van der Waals surface area contributed by atoms with Gasteiger partial charge in [0.2, 0.25) is 0 Å². The van der Waals surface area contributed by atoms with Gasteiger partial charge in [0.15, 0.2) is 12.1 Å². The van der Waals surface area contributed by atoms with E-state index in [4.69, 9.17) is 4.42 Å². The number of carbonyl (C=O) groups is 1. The smallest absolute Gasteiger partial charge is 0.276 e. The van der Waals surface area contributed by atoms with Crippen LogP contribution in [0.3, 0.4) is 0 Å². The molecule has 2 aromatic rings. The number of rotatable bonds is 3. The highest BCUT2D eigenvalue weighted by Crippen LogP contribution is 2.24. The van der Waals surface area contributed by atoms with E-state index < -0.39 is 0 Å². The first-order valence-electron chi connectivity index (χ1n) is 5.60. The summed E-state index contributed by atoms with van der Waals surface area (Å²) >= 11 is 1.56. The second kappa shape index (κ2) is 4.89. The zero-order valence-corrected chi connectivity index (χ0v) is 11.6. The molecule has 0 aliphatic heterocycles. The van der Waals surface area contributed by atoms with E-state index in [2.05, 4.69) is 9.97 Å². The van der Waals surface area contributed by atoms with Crippen LogP contribution in [0.1, 0.15) is 39.9 Å². The molecule has 5 nitrogen and oxygen atoms in total. The van der Waals surface area contributed by atoms with Crippen LogP contribution >= 0.6 is 11.3 Å². The van der Waals surface area contributed by atoms with Crippen LogP contribution in [0.5, 0.6) is 0 Å². The van der Waals surface area contributed by atoms with Crippen molar-refractivity contribution in [2.24, 2.45) is 0 Å². The number of hydrogen-bond acceptors (Lipinski definition) is 5. The lowest BCUT2D eigenvalue weighted by Crippen LogP contribution is -2.30. The highest BCUT2D eigenvalue weighted by Gasteiger charge is 2.24. The Bertz CT molecular complexity index is 561. The van der Waals surface area contributed by atoms with Crippen LogP contribution in [0.2, 0.25) is 0 Å². The summed E-state index contributed by atoms with van der Waals surface area (Å²) in [5.74, 6) is 0.385. The third-order valence-corrected chi connectivity index (χ3v) is 3.98. The third-order valence-electron chi connectivity index (χ3n) is 2.84. The quantitative estimate of drug-likeness (QED) is 0.855. The third kappa shape index (κ3) is 2.28. The van der Waals surface area contributed by atoms with Crippen LogP contribution in [0.25, 0.3) is 0 Å². The van der Waals surface area contributed by atoms with Crippen LogP contribution in [-0.2, 0) is 0 Å². The average Bonchev–Trinajstić information content (AvgIpc) is 2.95. The van der Waals surface area contributed by atoms with Crippen LogP contribution in [0.4, 0.5) is 0 Å². The van der Waals surface area contributed by atoms with Crippen molar-refractivity contribution in [3.63, 3.8) is 0 Å². The Morgan fingerprint density at radius 3 is 2.72 bits per heavy atom. The number of aryl methyl sites for hydroxylation is 2. The van der Waals surface area contributed by atoms with Gasteiger partial charge in [-0.3, -0.25) is 4.79 Å². The molecule has 0 spiro atoms. The minimum Gasteiger partial charge on any atom is -0.448 e. The number of amides is 1. The molecule has 0 aromatic carbocycles. The van der Waals surface area contributed by atoms with Crippen molar-refractivity contribution < 1.29 is 9.21 Å². The number of carbonyl (C=O) groups excluding carboxylic acids is 1. The van der Waals surface area contributed by atoms with E-state index in [-0.39, 0.29) is 11.9 Å². The van der Waals surface area contributed by atoms with Gasteiger partial charge < -0.3 is 9.32 Å². The summed E-state index contributed by atoms with van der Waals surface area (Å²) in [6, 6.07) is -0.0766. The monoisotopic (exact) mass is 265 g/mol. The van der Waals surface area contributed by atoms with Gasteiger partial charge in [-0.15, -0.1) is 11.3 Å². The molecule has 96 valence electrons. The van der Waals surface area contributed by atoms with E-state index in [9.17, 15) is 4.79 Å². The van der Waals surface area contributed by atoms with E-state index in [1.807, 2.05) is 19.2 Å². The number of oxazole rings is 1. The molecule has 0 fully saturated rings. The van der Waals surface area contributed by atoms with Gasteiger partial charge in [0.05, 0.1) is 6.04 Å². The van der Waals surface area contributed by atoms with Crippen molar-refractivity contribution in [3.8, 4) is 0 Å². The topological polar surface area (TPSA) is 59.2 Å². The molecule has 18 heavy (non-hydrogen) atoms. The molecule has 2 rings (SSSR count). The summed E-state index contributed by atoms with van der Waals surface area (Å²) in [5.41, 5.74) is 1.33. The predicted molar refractivity (Wildman–Crippen MR) is 68.6 cm³/mol. The van der Waals surface area contributed by atoms with Gasteiger partial charge in [-0.05, 0) is 20.8 Å². The zero-order valence-electron chi connectivity index (χ0n) is 10.8. The van der Waals surface area contributed by atoms with Crippen molar-refractivity contribution in [1.29, 1.82) is 0 Å². The summed E-state index contributed by atoms with van der Waals surface area (Å²) in [5, 5.41) is 2.90. The van der Waals surface area contributed by atoms with Crippen molar-refractivity contribution >= 4 is 17.2 Å². The predicted octanol–water partition coefficient (Wildman–Crippen LogP) is 2.58. The molecule has 0 aliphatic rings. The first-order chi connectivity index (χ1) is 8.50. The Labute approximate surface area is 109 Å². The molecule has 6 heteroatoms. The van der Waals surface area contributed by atoms with Gasteiger partial charge >= 0.3 is 0 Å². The lowest BCUT2D eigenvalue weighted by atomic mass is 10.2. The first kappa shape index (κ1) is 12.8. The Hall–Kier alpha value is -1.69. The average molecular weight is 265 g/mol. The van der Waals surface area contributed by atoms with E-state index in [0.29, 0.717) is 11.5 Å². The van der Waals surface area contributed by atoms with E-state index in [0.717, 1.165) is 10.7 Å². The number of hydrogen-bond donors (Lipinski definition) is 0. The summed E-state index contributed by atoms with van der Waals surface area (Å²) in [6.07, 6.45) is 1.29. The van der Waals surface area contributed by atoms with Gasteiger partial charge in [0.1, 0.15) is 10.8 Å². The molecule has 0 aliphatic carbocycles. The first-order valence-corrected chi connectivity index (χ1v) is 6.48. The molecule has 0 N–H and O–H groups in total. The van der Waals surface area contributed by atoms with Crippen LogP contribution in [0, 0.1) is 13.8 Å². The van der Waals surface area contributed by atoms with Crippen LogP contribution in [0.15, 0.2) is 16.2 Å². The Morgan fingerprint density at radius 1 is 1.50 bits per heavy atom. The number of thiazole rings is 1. The van der Waals surface area contributed by atoms with E-state index >= 15 is 0 Å². The number of aromatic nitrogens is 2. The maximum Gasteiger partial charge on any atom is 0.276 e. The van der Waals surface area contributed by atoms with Gasteiger partial charge in [0.25, 0.3) is 5.91 Å². The Morgan fingerprint density at radius 2 is 2.22 bits per heavy atom. The maximum atomic E-state index is 12.2. The van der Waals surface area contributed by atoms with Crippen LogP contribution in [-0.4, -0.2) is 27.8 Å². The Kier molecular flexibility index (Phi) is 3.47. The minimum atomic E-state index is -0.151. The molecule has 0 radical (unpaired) electrons. The summed E-state index contributed by atoms with van der Waals surface area (Å²) in [7, 11) is 1.75. The fraction of sp³-hybridized carbons (Fsp3) is 0.417. The Balaban J connectivity index is 2.19. The van der Waals surface area contributed by atoms with Crippen molar-refractivity contribution in [2.45, 2.75) is 26.8 Å². The number of nitrogens with zero attached hydrogens (tertiary/aromatic N) is 3. The van der Waals surface area contributed by atoms with Crippen LogP contribution < -0.4 is 0 Å². The summed E-state index contributed by atoms with van der Waals surface area (Å²) in [4.78, 5) is 22.2. The van der Waals surface area contributed by atoms with E-state index in [1.165, 1.54) is 6.39 Å². The molecular formula is C12H15N3O2S. The molecule has 2 aromatic heterocycles. The zero-order chi connectivity index (χ0) is 13.3. The van der Waals surface area contributed by atoms with Gasteiger partial charge in [0, 0.05) is 18.1 Å². The molecule has 1 amide bonds. The molecule has 1 unspecified atom stereocenters. The van der Waals surface area contributed by atoms with E-state index in [1.54, 1.807) is 30.2 Å². The molecule has 0 saturated heterocycles. The fourth-order valence-electron chi connectivity index (χ4n) is 1.58. The fourth-order valence-corrected chi connectivity index (χ4v) is 2.48. The molecular weight excluding hydrogens is 250 g/mol. The second-order valence-electron chi connectivity index (χ2n) is 4.18. The van der Waals surface area contributed by atoms with Crippen molar-refractivity contribution in [2.75, 3.05) is 7.05 Å². The normalized spacial score (nSPS) is 12.4. The summed E-state index contributed by atoms with van der Waals surface area (Å²) in [6.45, 7) is 5.62.